The summed E-state index contributed by atoms with van der Waals surface area (Å²) in [6.07, 6.45) is 0.885. The molecule has 2 rings (SSSR count). The highest BCUT2D eigenvalue weighted by Gasteiger charge is 2.05. The smallest absolute Gasteiger partial charge is 0.239 e. The molecule has 0 amide bonds. The molecule has 0 bridgehead atoms. The zero-order chi connectivity index (χ0) is 14.5. The molecular weight excluding hydrogens is 257 g/mol. The summed E-state index contributed by atoms with van der Waals surface area (Å²) in [5, 5.41) is 3.10. The molecule has 0 atom stereocenters. The first kappa shape index (κ1) is 14.1. The van der Waals surface area contributed by atoms with Crippen molar-refractivity contribution in [3.63, 3.8) is 0 Å². The standard InChI is InChI=1S/C15H18FN3O/c1-3-8-20-15-13(17)6-7-14(19-15)18-11-4-5-12(16)10(2)9-11/h4-7,9H,3,8,17H2,1-2H3,(H,18,19). The average Bonchev–Trinajstić information content (AvgIpc) is 2.43. The number of halogens is 1. The lowest BCUT2D eigenvalue weighted by Crippen LogP contribution is -2.03. The van der Waals surface area contributed by atoms with Crippen LogP contribution in [0.5, 0.6) is 5.88 Å². The van der Waals surface area contributed by atoms with E-state index in [0.717, 1.165) is 12.1 Å². The van der Waals surface area contributed by atoms with Gasteiger partial charge in [0.1, 0.15) is 11.6 Å². The number of aromatic nitrogens is 1. The number of rotatable bonds is 5. The van der Waals surface area contributed by atoms with Crippen molar-refractivity contribution in [3.05, 3.63) is 41.7 Å². The lowest BCUT2D eigenvalue weighted by atomic mass is 10.2. The molecule has 2 aromatic rings. The first-order chi connectivity index (χ1) is 9.60. The van der Waals surface area contributed by atoms with Crippen LogP contribution in [0.15, 0.2) is 30.3 Å². The number of benzene rings is 1. The molecule has 1 aromatic carbocycles. The summed E-state index contributed by atoms with van der Waals surface area (Å²) in [6.45, 7) is 4.29. The van der Waals surface area contributed by atoms with Gasteiger partial charge in [-0.1, -0.05) is 6.92 Å². The van der Waals surface area contributed by atoms with Gasteiger partial charge in [-0.25, -0.2) is 4.39 Å². The van der Waals surface area contributed by atoms with Gasteiger partial charge in [0.25, 0.3) is 0 Å². The van der Waals surface area contributed by atoms with Crippen LogP contribution in [0, 0.1) is 12.7 Å². The number of hydrogen-bond donors (Lipinski definition) is 2. The third kappa shape index (κ3) is 3.38. The molecule has 0 spiro atoms. The van der Waals surface area contributed by atoms with Gasteiger partial charge in [0.2, 0.25) is 5.88 Å². The Morgan fingerprint density at radius 1 is 1.30 bits per heavy atom. The molecule has 0 radical (unpaired) electrons. The van der Waals surface area contributed by atoms with Crippen molar-refractivity contribution in [2.75, 3.05) is 17.7 Å². The molecule has 3 N–H and O–H groups in total. The molecule has 0 unspecified atom stereocenters. The molecule has 4 nitrogen and oxygen atoms in total. The van der Waals surface area contributed by atoms with Gasteiger partial charge in [0.05, 0.1) is 12.3 Å². The van der Waals surface area contributed by atoms with Gasteiger partial charge in [-0.3, -0.25) is 0 Å². The van der Waals surface area contributed by atoms with E-state index in [-0.39, 0.29) is 5.82 Å². The summed E-state index contributed by atoms with van der Waals surface area (Å²) in [5.74, 6) is 0.791. The largest absolute Gasteiger partial charge is 0.476 e. The van der Waals surface area contributed by atoms with Crippen LogP contribution in [0.1, 0.15) is 18.9 Å². The topological polar surface area (TPSA) is 60.2 Å². The lowest BCUT2D eigenvalue weighted by Gasteiger charge is -2.11. The van der Waals surface area contributed by atoms with Crippen LogP contribution < -0.4 is 15.8 Å². The fourth-order valence-corrected chi connectivity index (χ4v) is 1.71. The number of nitrogens with two attached hydrogens (primary N) is 1. The van der Waals surface area contributed by atoms with Gasteiger partial charge in [0.15, 0.2) is 0 Å². The van der Waals surface area contributed by atoms with E-state index in [1.54, 1.807) is 31.2 Å². The zero-order valence-corrected chi connectivity index (χ0v) is 11.6. The quantitative estimate of drug-likeness (QED) is 0.874. The summed E-state index contributed by atoms with van der Waals surface area (Å²) < 4.78 is 18.7. The molecular formula is C15H18FN3O. The third-order valence-corrected chi connectivity index (χ3v) is 2.76. The first-order valence-corrected chi connectivity index (χ1v) is 6.52. The van der Waals surface area contributed by atoms with Gasteiger partial charge in [0, 0.05) is 5.69 Å². The second-order valence-electron chi connectivity index (χ2n) is 4.53. The predicted octanol–water partition coefficient (Wildman–Crippen LogP) is 3.64. The van der Waals surface area contributed by atoms with Gasteiger partial charge < -0.3 is 15.8 Å². The monoisotopic (exact) mass is 275 g/mol. The van der Waals surface area contributed by atoms with Crippen LogP contribution in [0.2, 0.25) is 0 Å². The zero-order valence-electron chi connectivity index (χ0n) is 11.6. The Morgan fingerprint density at radius 3 is 2.80 bits per heavy atom. The minimum atomic E-state index is -0.229. The maximum Gasteiger partial charge on any atom is 0.239 e. The normalized spacial score (nSPS) is 10.3. The molecule has 1 heterocycles. The number of ether oxygens (including phenoxy) is 1. The van der Waals surface area contributed by atoms with Crippen LogP contribution in [0.25, 0.3) is 0 Å². The minimum Gasteiger partial charge on any atom is -0.476 e. The average molecular weight is 275 g/mol. The Morgan fingerprint density at radius 2 is 2.10 bits per heavy atom. The number of nitrogens with one attached hydrogen (secondary N) is 1. The van der Waals surface area contributed by atoms with Crippen molar-refractivity contribution in [2.24, 2.45) is 0 Å². The van der Waals surface area contributed by atoms with Crippen LogP contribution in [-0.2, 0) is 0 Å². The molecule has 0 aliphatic rings. The number of nitrogens with zero attached hydrogens (tertiary/aromatic N) is 1. The number of nitrogen functional groups attached to an aromatic ring is 1. The second-order valence-corrected chi connectivity index (χ2v) is 4.53. The second kappa shape index (κ2) is 6.23. The van der Waals surface area contributed by atoms with E-state index >= 15 is 0 Å². The first-order valence-electron chi connectivity index (χ1n) is 6.52. The number of anilines is 3. The Hall–Kier alpha value is -2.30. The maximum absolute atomic E-state index is 13.2. The van der Waals surface area contributed by atoms with Crippen LogP contribution in [0.4, 0.5) is 21.6 Å². The SMILES string of the molecule is CCCOc1nc(Nc2ccc(F)c(C)c2)ccc1N. The van der Waals surface area contributed by atoms with Gasteiger partial charge in [-0.2, -0.15) is 4.98 Å². The molecule has 0 aliphatic heterocycles. The minimum absolute atomic E-state index is 0.229. The van der Waals surface area contributed by atoms with Crippen molar-refractivity contribution in [1.29, 1.82) is 0 Å². The Balaban J connectivity index is 2.18. The fraction of sp³-hybridized carbons (Fsp3) is 0.267. The maximum atomic E-state index is 13.2. The molecule has 0 saturated carbocycles. The van der Waals surface area contributed by atoms with E-state index in [1.165, 1.54) is 6.07 Å². The number of hydrogen-bond acceptors (Lipinski definition) is 4. The van der Waals surface area contributed by atoms with E-state index < -0.39 is 0 Å². The van der Waals surface area contributed by atoms with Crippen molar-refractivity contribution < 1.29 is 9.13 Å². The molecule has 5 heteroatoms. The van der Waals surface area contributed by atoms with Crippen LogP contribution >= 0.6 is 0 Å². The van der Waals surface area contributed by atoms with Gasteiger partial charge in [-0.15, -0.1) is 0 Å². The van der Waals surface area contributed by atoms with Crippen LogP contribution in [-0.4, -0.2) is 11.6 Å². The number of aryl methyl sites for hydroxylation is 1. The molecule has 0 fully saturated rings. The van der Waals surface area contributed by atoms with E-state index in [2.05, 4.69) is 10.3 Å². The predicted molar refractivity (Wildman–Crippen MR) is 78.9 cm³/mol. The van der Waals surface area contributed by atoms with Crippen molar-refractivity contribution in [3.8, 4) is 5.88 Å². The highest BCUT2D eigenvalue weighted by Crippen LogP contribution is 2.24. The summed E-state index contributed by atoms with van der Waals surface area (Å²) in [6, 6.07) is 8.29. The van der Waals surface area contributed by atoms with E-state index in [1.807, 2.05) is 6.92 Å². The summed E-state index contributed by atoms with van der Waals surface area (Å²) in [7, 11) is 0. The highest BCUT2D eigenvalue weighted by atomic mass is 19.1. The Labute approximate surface area is 117 Å². The van der Waals surface area contributed by atoms with Crippen LogP contribution in [0.3, 0.4) is 0 Å². The Kier molecular flexibility index (Phi) is 4.40. The summed E-state index contributed by atoms with van der Waals surface area (Å²) in [5.41, 5.74) is 7.65. The van der Waals surface area contributed by atoms with Crippen molar-refractivity contribution in [2.45, 2.75) is 20.3 Å². The van der Waals surface area contributed by atoms with Crippen molar-refractivity contribution in [1.82, 2.24) is 4.98 Å². The van der Waals surface area contributed by atoms with E-state index in [0.29, 0.717) is 29.6 Å². The van der Waals surface area contributed by atoms with Gasteiger partial charge in [-0.05, 0) is 49.2 Å². The molecule has 0 saturated heterocycles. The summed E-state index contributed by atoms with van der Waals surface area (Å²) in [4.78, 5) is 4.31. The van der Waals surface area contributed by atoms with Crippen molar-refractivity contribution >= 4 is 17.2 Å². The molecule has 0 aliphatic carbocycles. The molecule has 106 valence electrons. The Bertz CT molecular complexity index is 602. The fourth-order valence-electron chi connectivity index (χ4n) is 1.71. The molecule has 20 heavy (non-hydrogen) atoms. The molecule has 1 aromatic heterocycles. The van der Waals surface area contributed by atoms with E-state index in [9.17, 15) is 4.39 Å². The summed E-state index contributed by atoms with van der Waals surface area (Å²) >= 11 is 0. The van der Waals surface area contributed by atoms with Gasteiger partial charge >= 0.3 is 0 Å². The number of pyridine rings is 1. The lowest BCUT2D eigenvalue weighted by molar-refractivity contribution is 0.307. The van der Waals surface area contributed by atoms with E-state index in [4.69, 9.17) is 10.5 Å². The third-order valence-electron chi connectivity index (χ3n) is 2.76. The highest BCUT2D eigenvalue weighted by molar-refractivity contribution is 5.61.